The van der Waals surface area contributed by atoms with Gasteiger partial charge in [-0.05, 0) is 47.4 Å². The van der Waals surface area contributed by atoms with Gasteiger partial charge in [-0.3, -0.25) is 4.79 Å². The molecule has 34 heavy (non-hydrogen) atoms. The van der Waals surface area contributed by atoms with Crippen LogP contribution >= 0.6 is 11.3 Å². The van der Waals surface area contributed by atoms with Gasteiger partial charge in [0.2, 0.25) is 5.91 Å². The summed E-state index contributed by atoms with van der Waals surface area (Å²) in [5, 5.41) is 7.82. The number of amides is 3. The van der Waals surface area contributed by atoms with Crippen molar-refractivity contribution < 1.29 is 23.5 Å². The molecule has 1 aromatic heterocycles. The molecule has 3 amide bonds. The molecular weight excluding hydrogens is 459 g/mol. The van der Waals surface area contributed by atoms with Crippen LogP contribution in [0.25, 0.3) is 0 Å². The quantitative estimate of drug-likeness (QED) is 0.529. The van der Waals surface area contributed by atoms with E-state index in [0.29, 0.717) is 29.6 Å². The Balaban J connectivity index is 1.54. The lowest BCUT2D eigenvalue weighted by molar-refractivity contribution is -0.116. The number of urea groups is 1. The number of methoxy groups -OCH3 is 2. The molecule has 10 heteroatoms. The second kappa shape index (κ2) is 10.5. The molecule has 1 aliphatic rings. The maximum Gasteiger partial charge on any atom is 0.318 e. The summed E-state index contributed by atoms with van der Waals surface area (Å²) in [6.45, 7) is 0.614. The van der Waals surface area contributed by atoms with E-state index in [1.807, 2.05) is 12.1 Å². The number of hydrogen-bond acceptors (Lipinski definition) is 6. The molecule has 4 rings (SSSR count). The van der Waals surface area contributed by atoms with Gasteiger partial charge in [0, 0.05) is 31.1 Å². The van der Waals surface area contributed by atoms with E-state index in [1.54, 1.807) is 42.8 Å². The van der Waals surface area contributed by atoms with Crippen LogP contribution in [0.2, 0.25) is 0 Å². The van der Waals surface area contributed by atoms with Crippen LogP contribution in [0.3, 0.4) is 0 Å². The number of benzene rings is 2. The van der Waals surface area contributed by atoms with Gasteiger partial charge in [0.25, 0.3) is 0 Å². The van der Waals surface area contributed by atoms with Crippen LogP contribution in [0.4, 0.5) is 14.3 Å². The molecule has 2 aromatic carbocycles. The van der Waals surface area contributed by atoms with Crippen molar-refractivity contribution in [3.8, 4) is 11.5 Å². The number of carbonyl (C=O) groups is 2. The molecule has 2 N–H and O–H groups in total. The van der Waals surface area contributed by atoms with Crippen molar-refractivity contribution in [2.24, 2.45) is 0 Å². The van der Waals surface area contributed by atoms with E-state index in [2.05, 4.69) is 15.6 Å². The Morgan fingerprint density at radius 2 is 1.91 bits per heavy atom. The van der Waals surface area contributed by atoms with Crippen LogP contribution in [0, 0.1) is 5.82 Å². The van der Waals surface area contributed by atoms with Crippen molar-refractivity contribution >= 4 is 28.4 Å². The van der Waals surface area contributed by atoms with Gasteiger partial charge in [0.15, 0.2) is 16.6 Å². The third-order valence-electron chi connectivity index (χ3n) is 5.63. The van der Waals surface area contributed by atoms with Gasteiger partial charge in [0.1, 0.15) is 5.82 Å². The van der Waals surface area contributed by atoms with Gasteiger partial charge in [-0.15, -0.1) is 11.3 Å². The maximum absolute atomic E-state index is 13.6. The Hall–Kier alpha value is -3.66. The van der Waals surface area contributed by atoms with Gasteiger partial charge < -0.3 is 25.0 Å². The second-order valence-electron chi connectivity index (χ2n) is 7.67. The van der Waals surface area contributed by atoms with Crippen molar-refractivity contribution in [1.82, 2.24) is 15.2 Å². The zero-order chi connectivity index (χ0) is 24.1. The van der Waals surface area contributed by atoms with E-state index < -0.39 is 6.04 Å². The monoisotopic (exact) mass is 484 g/mol. The third kappa shape index (κ3) is 5.12. The Bertz CT molecular complexity index is 1150. The molecule has 2 heterocycles. The summed E-state index contributed by atoms with van der Waals surface area (Å²) in [7, 11) is 3.14. The number of thiazole rings is 1. The molecule has 0 bridgehead atoms. The van der Waals surface area contributed by atoms with E-state index in [9.17, 15) is 14.0 Å². The predicted octanol–water partition coefficient (Wildman–Crippen LogP) is 3.99. The van der Waals surface area contributed by atoms with Crippen molar-refractivity contribution in [3.05, 3.63) is 70.5 Å². The molecule has 0 unspecified atom stereocenters. The van der Waals surface area contributed by atoms with Crippen LogP contribution < -0.4 is 20.1 Å². The molecule has 0 spiro atoms. The molecule has 1 atom stereocenters. The normalized spacial score (nSPS) is 14.8. The standard InChI is InChI=1S/C24H25FN4O4S/c1-32-19-13-16-8-11-29(24(31)27-9-7-21(30)28-23-26-10-12-34-23)22(18(16)14-20(19)33-2)15-3-5-17(25)6-4-15/h3-6,10,12-14,22H,7-9,11H2,1-2H3,(H,27,31)(H,26,28,30)/t22-/m1/s1. The van der Waals surface area contributed by atoms with Gasteiger partial charge in [-0.2, -0.15) is 0 Å². The second-order valence-corrected chi connectivity index (χ2v) is 8.57. The number of fused-ring (bicyclic) bond motifs is 1. The summed E-state index contributed by atoms with van der Waals surface area (Å²) in [5.74, 6) is 0.582. The maximum atomic E-state index is 13.6. The smallest absolute Gasteiger partial charge is 0.318 e. The van der Waals surface area contributed by atoms with Crippen LogP contribution in [0.15, 0.2) is 48.0 Å². The van der Waals surface area contributed by atoms with Crippen LogP contribution in [0.1, 0.15) is 29.2 Å². The SMILES string of the molecule is COc1cc2c(cc1OC)[C@@H](c1ccc(F)cc1)N(C(=O)NCCC(=O)Nc1nccs1)CC2. The summed E-state index contributed by atoms with van der Waals surface area (Å²) < 4.78 is 24.5. The van der Waals surface area contributed by atoms with Gasteiger partial charge in [-0.25, -0.2) is 14.2 Å². The molecule has 0 fully saturated rings. The van der Waals surface area contributed by atoms with Gasteiger partial charge in [0.05, 0.1) is 20.3 Å². The number of hydrogen-bond donors (Lipinski definition) is 2. The average Bonchev–Trinajstić information content (AvgIpc) is 3.35. The molecule has 0 saturated carbocycles. The topological polar surface area (TPSA) is 92.8 Å². The highest BCUT2D eigenvalue weighted by atomic mass is 32.1. The lowest BCUT2D eigenvalue weighted by Crippen LogP contribution is -2.46. The zero-order valence-corrected chi connectivity index (χ0v) is 19.7. The lowest BCUT2D eigenvalue weighted by atomic mass is 9.88. The highest BCUT2D eigenvalue weighted by molar-refractivity contribution is 7.13. The van der Waals surface area contributed by atoms with E-state index in [4.69, 9.17) is 9.47 Å². The Morgan fingerprint density at radius 3 is 2.59 bits per heavy atom. The number of nitrogens with one attached hydrogen (secondary N) is 2. The fourth-order valence-electron chi connectivity index (χ4n) is 4.02. The number of rotatable bonds is 7. The molecule has 0 aliphatic carbocycles. The van der Waals surface area contributed by atoms with Gasteiger partial charge >= 0.3 is 6.03 Å². The first-order chi connectivity index (χ1) is 16.5. The third-order valence-corrected chi connectivity index (χ3v) is 6.32. The predicted molar refractivity (Wildman–Crippen MR) is 127 cm³/mol. The minimum absolute atomic E-state index is 0.113. The molecule has 3 aromatic rings. The zero-order valence-electron chi connectivity index (χ0n) is 18.8. The van der Waals surface area contributed by atoms with Crippen molar-refractivity contribution in [2.45, 2.75) is 18.9 Å². The number of carbonyl (C=O) groups excluding carboxylic acids is 2. The Kier molecular flexibility index (Phi) is 7.27. The largest absolute Gasteiger partial charge is 0.493 e. The fourth-order valence-corrected chi connectivity index (χ4v) is 4.57. The molecular formula is C24H25FN4O4S. The Morgan fingerprint density at radius 1 is 1.18 bits per heavy atom. The number of anilines is 1. The Labute approximate surface area is 200 Å². The summed E-state index contributed by atoms with van der Waals surface area (Å²) >= 11 is 1.33. The van der Waals surface area contributed by atoms with Gasteiger partial charge in [-0.1, -0.05) is 12.1 Å². The number of halogens is 1. The molecule has 0 saturated heterocycles. The minimum Gasteiger partial charge on any atom is -0.493 e. The first kappa shape index (κ1) is 23.5. The first-order valence-electron chi connectivity index (χ1n) is 10.7. The minimum atomic E-state index is -0.451. The molecule has 8 nitrogen and oxygen atoms in total. The number of nitrogens with zero attached hydrogens (tertiary/aromatic N) is 2. The highest BCUT2D eigenvalue weighted by Crippen LogP contribution is 2.41. The lowest BCUT2D eigenvalue weighted by Gasteiger charge is -2.38. The van der Waals surface area contributed by atoms with E-state index in [1.165, 1.54) is 23.5 Å². The van der Waals surface area contributed by atoms with E-state index in [-0.39, 0.29) is 30.7 Å². The van der Waals surface area contributed by atoms with Crippen molar-refractivity contribution in [3.63, 3.8) is 0 Å². The summed E-state index contributed by atoms with van der Waals surface area (Å²) in [4.78, 5) is 31.0. The average molecular weight is 485 g/mol. The number of aromatic nitrogens is 1. The van der Waals surface area contributed by atoms with Crippen LogP contribution in [0.5, 0.6) is 11.5 Å². The fraction of sp³-hybridized carbons (Fsp3) is 0.292. The van der Waals surface area contributed by atoms with Crippen LogP contribution in [-0.2, 0) is 11.2 Å². The molecule has 178 valence electrons. The van der Waals surface area contributed by atoms with E-state index >= 15 is 0 Å². The summed E-state index contributed by atoms with van der Waals surface area (Å²) in [5.41, 5.74) is 2.68. The highest BCUT2D eigenvalue weighted by Gasteiger charge is 2.33. The summed E-state index contributed by atoms with van der Waals surface area (Å²) in [6.07, 6.45) is 2.34. The summed E-state index contributed by atoms with van der Waals surface area (Å²) in [6, 6.07) is 9.13. The first-order valence-corrected chi connectivity index (χ1v) is 11.6. The van der Waals surface area contributed by atoms with Crippen molar-refractivity contribution in [1.29, 1.82) is 0 Å². The van der Waals surface area contributed by atoms with Crippen LogP contribution in [-0.4, -0.2) is 49.1 Å². The van der Waals surface area contributed by atoms with E-state index in [0.717, 1.165) is 16.7 Å². The molecule has 1 aliphatic heterocycles. The van der Waals surface area contributed by atoms with Crippen molar-refractivity contribution in [2.75, 3.05) is 32.6 Å². The number of ether oxygens (including phenoxy) is 2. The molecule has 0 radical (unpaired) electrons.